The van der Waals surface area contributed by atoms with Crippen LogP contribution in [-0.2, 0) is 4.79 Å². The van der Waals surface area contributed by atoms with Crippen molar-refractivity contribution >= 4 is 51.1 Å². The average molecular weight is 504 g/mol. The Bertz CT molecular complexity index is 1710. The molecule has 0 saturated heterocycles. The van der Waals surface area contributed by atoms with Gasteiger partial charge in [-0.1, -0.05) is 59.8 Å². The number of benzene rings is 3. The largest absolute Gasteiger partial charge is 0.325 e. The molecule has 0 fully saturated rings. The normalized spacial score (nSPS) is 10.8. The van der Waals surface area contributed by atoms with E-state index < -0.39 is 0 Å². The van der Waals surface area contributed by atoms with Crippen LogP contribution in [0.15, 0.2) is 77.8 Å². The van der Waals surface area contributed by atoms with Gasteiger partial charge in [0.05, 0.1) is 16.8 Å². The minimum atomic E-state index is -0.249. The number of hydrogen-bond donors (Lipinski definition) is 1. The predicted octanol–water partition coefficient (Wildman–Crippen LogP) is 5.96. The number of thioether (sulfide) groups is 1. The summed E-state index contributed by atoms with van der Waals surface area (Å²) in [6.07, 6.45) is 0. The molecule has 0 saturated carbocycles. The lowest BCUT2D eigenvalue weighted by molar-refractivity contribution is -0.113. The molecule has 7 nitrogen and oxygen atoms in total. The maximum atomic E-state index is 12.7. The molecule has 3 aromatic carbocycles. The number of amides is 1. The van der Waals surface area contributed by atoms with E-state index in [2.05, 4.69) is 21.6 Å². The predicted molar refractivity (Wildman–Crippen MR) is 146 cm³/mol. The number of aromatic nitrogens is 3. The number of fused-ring (bicyclic) bond motifs is 3. The number of rotatable bonds is 6. The van der Waals surface area contributed by atoms with E-state index in [1.54, 1.807) is 24.3 Å². The molecule has 2 aromatic heterocycles. The standard InChI is InChI=1S/C29H21N5O2S/c1-17-7-9-20(10-8-17)26-23(15-30)29(32-27-22-5-3-4-6-24(22)33-34-28(26)27)37-16-25(36)31-21-13-11-19(12-14-21)18(2)35/h3-14H,16H2,1-2H3,(H,31,36). The van der Waals surface area contributed by atoms with Gasteiger partial charge in [-0.25, -0.2) is 4.98 Å². The second-order valence-electron chi connectivity index (χ2n) is 8.53. The van der Waals surface area contributed by atoms with Gasteiger partial charge in [0.2, 0.25) is 5.91 Å². The third-order valence-electron chi connectivity index (χ3n) is 5.92. The highest BCUT2D eigenvalue weighted by molar-refractivity contribution is 8.00. The van der Waals surface area contributed by atoms with Gasteiger partial charge in [0.1, 0.15) is 22.1 Å². The molecule has 0 bridgehead atoms. The molecule has 0 radical (unpaired) electrons. The maximum absolute atomic E-state index is 12.7. The lowest BCUT2D eigenvalue weighted by Gasteiger charge is -2.13. The molecule has 0 aliphatic rings. The van der Waals surface area contributed by atoms with Crippen LogP contribution in [0.5, 0.6) is 0 Å². The first-order valence-electron chi connectivity index (χ1n) is 11.5. The van der Waals surface area contributed by atoms with Gasteiger partial charge < -0.3 is 5.32 Å². The number of carbonyl (C=O) groups is 2. The average Bonchev–Trinajstić information content (AvgIpc) is 2.91. The Morgan fingerprint density at radius 3 is 2.38 bits per heavy atom. The number of anilines is 1. The Hall–Kier alpha value is -4.61. The molecule has 0 aliphatic carbocycles. The number of Topliss-reactive ketones (excluding diaryl/α,β-unsaturated/α-hetero) is 1. The van der Waals surface area contributed by atoms with Crippen LogP contribution in [0.4, 0.5) is 5.69 Å². The first kappa shape index (κ1) is 24.1. The summed E-state index contributed by atoms with van der Waals surface area (Å²) in [5, 5.41) is 23.1. The molecule has 5 rings (SSSR count). The van der Waals surface area contributed by atoms with Gasteiger partial charge in [-0.3, -0.25) is 9.59 Å². The van der Waals surface area contributed by atoms with Crippen molar-refractivity contribution in [2.45, 2.75) is 18.9 Å². The number of pyridine rings is 1. The topological polar surface area (TPSA) is 109 Å². The Morgan fingerprint density at radius 2 is 1.68 bits per heavy atom. The summed E-state index contributed by atoms with van der Waals surface area (Å²) >= 11 is 1.19. The first-order chi connectivity index (χ1) is 17.9. The molecule has 180 valence electrons. The van der Waals surface area contributed by atoms with Crippen LogP contribution in [0.3, 0.4) is 0 Å². The fourth-order valence-corrected chi connectivity index (χ4v) is 4.82. The van der Waals surface area contributed by atoms with Gasteiger partial charge in [0, 0.05) is 22.2 Å². The van der Waals surface area contributed by atoms with Crippen LogP contribution in [-0.4, -0.2) is 32.6 Å². The van der Waals surface area contributed by atoms with Crippen LogP contribution < -0.4 is 5.32 Å². The van der Waals surface area contributed by atoms with E-state index in [1.165, 1.54) is 18.7 Å². The molecule has 0 aliphatic heterocycles. The molecule has 5 aromatic rings. The number of carbonyl (C=O) groups excluding carboxylic acids is 2. The maximum Gasteiger partial charge on any atom is 0.234 e. The zero-order valence-corrected chi connectivity index (χ0v) is 21.0. The van der Waals surface area contributed by atoms with E-state index in [0.717, 1.165) is 16.5 Å². The molecular formula is C29H21N5O2S. The second kappa shape index (κ2) is 10.2. The molecule has 8 heteroatoms. The Balaban J connectivity index is 1.54. The van der Waals surface area contributed by atoms with Gasteiger partial charge in [-0.15, -0.1) is 10.2 Å². The van der Waals surface area contributed by atoms with Crippen molar-refractivity contribution in [3.05, 3.63) is 89.5 Å². The lowest BCUT2D eigenvalue weighted by Crippen LogP contribution is -2.14. The fourth-order valence-electron chi connectivity index (χ4n) is 4.03. The Kier molecular flexibility index (Phi) is 6.62. The summed E-state index contributed by atoms with van der Waals surface area (Å²) in [6, 6.07) is 24.5. The highest BCUT2D eigenvalue weighted by Gasteiger charge is 2.21. The first-order valence-corrected chi connectivity index (χ1v) is 12.5. The molecule has 0 atom stereocenters. The molecule has 0 unspecified atom stereocenters. The zero-order chi connectivity index (χ0) is 25.9. The van der Waals surface area contributed by atoms with Crippen LogP contribution in [0.25, 0.3) is 33.1 Å². The molecule has 1 amide bonds. The van der Waals surface area contributed by atoms with Crippen molar-refractivity contribution < 1.29 is 9.59 Å². The van der Waals surface area contributed by atoms with E-state index >= 15 is 0 Å². The van der Waals surface area contributed by atoms with Gasteiger partial charge in [0.15, 0.2) is 5.78 Å². The van der Waals surface area contributed by atoms with Crippen molar-refractivity contribution in [1.29, 1.82) is 5.26 Å². The molecule has 1 N–H and O–H groups in total. The van der Waals surface area contributed by atoms with Gasteiger partial charge in [0.25, 0.3) is 0 Å². The van der Waals surface area contributed by atoms with E-state index in [-0.39, 0.29) is 17.4 Å². The highest BCUT2D eigenvalue weighted by Crippen LogP contribution is 2.37. The minimum Gasteiger partial charge on any atom is -0.325 e. The molecule has 2 heterocycles. The summed E-state index contributed by atoms with van der Waals surface area (Å²) in [6.45, 7) is 3.49. The van der Waals surface area contributed by atoms with Crippen molar-refractivity contribution in [2.24, 2.45) is 0 Å². The van der Waals surface area contributed by atoms with Crippen molar-refractivity contribution in [3.8, 4) is 17.2 Å². The van der Waals surface area contributed by atoms with E-state index in [1.807, 2.05) is 55.5 Å². The monoisotopic (exact) mass is 503 g/mol. The van der Waals surface area contributed by atoms with Crippen molar-refractivity contribution in [2.75, 3.05) is 11.1 Å². The smallest absolute Gasteiger partial charge is 0.234 e. The minimum absolute atomic E-state index is 0.0403. The number of nitriles is 1. The van der Waals surface area contributed by atoms with Gasteiger partial charge in [-0.2, -0.15) is 5.26 Å². The molecule has 0 spiro atoms. The Morgan fingerprint density at radius 1 is 0.946 bits per heavy atom. The lowest BCUT2D eigenvalue weighted by atomic mass is 9.98. The SMILES string of the molecule is CC(=O)c1ccc(NC(=O)CSc2nc3c(nnc4ccccc43)c(-c3ccc(C)cc3)c2C#N)cc1. The third kappa shape index (κ3) is 4.90. The van der Waals surface area contributed by atoms with E-state index in [0.29, 0.717) is 44.0 Å². The third-order valence-corrected chi connectivity index (χ3v) is 6.90. The Labute approximate surface area is 217 Å². The van der Waals surface area contributed by atoms with Gasteiger partial charge >= 0.3 is 0 Å². The van der Waals surface area contributed by atoms with Gasteiger partial charge in [-0.05, 0) is 49.7 Å². The fraction of sp³-hybridized carbons (Fsp3) is 0.103. The number of nitrogens with zero attached hydrogens (tertiary/aromatic N) is 4. The van der Waals surface area contributed by atoms with Crippen molar-refractivity contribution in [3.63, 3.8) is 0 Å². The summed E-state index contributed by atoms with van der Waals surface area (Å²) < 4.78 is 0. The summed E-state index contributed by atoms with van der Waals surface area (Å²) in [4.78, 5) is 29.0. The van der Waals surface area contributed by atoms with Crippen molar-refractivity contribution in [1.82, 2.24) is 15.2 Å². The summed E-state index contributed by atoms with van der Waals surface area (Å²) in [5.41, 5.74) is 5.95. The zero-order valence-electron chi connectivity index (χ0n) is 20.1. The van der Waals surface area contributed by atoms with Crippen LogP contribution in [0, 0.1) is 18.3 Å². The number of hydrogen-bond acceptors (Lipinski definition) is 7. The van der Waals surface area contributed by atoms with E-state index in [9.17, 15) is 14.9 Å². The van der Waals surface area contributed by atoms with Crippen LogP contribution in [0.1, 0.15) is 28.4 Å². The second-order valence-corrected chi connectivity index (χ2v) is 9.49. The molecule has 37 heavy (non-hydrogen) atoms. The van der Waals surface area contributed by atoms with Crippen LogP contribution >= 0.6 is 11.8 Å². The summed E-state index contributed by atoms with van der Waals surface area (Å²) in [7, 11) is 0. The molecular weight excluding hydrogens is 482 g/mol. The quantitative estimate of drug-likeness (QED) is 0.173. The van der Waals surface area contributed by atoms with Crippen LogP contribution in [0.2, 0.25) is 0 Å². The highest BCUT2D eigenvalue weighted by atomic mass is 32.2. The summed E-state index contributed by atoms with van der Waals surface area (Å²) in [5.74, 6) is -0.242. The number of aryl methyl sites for hydroxylation is 1. The number of nitrogens with one attached hydrogen (secondary N) is 1. The van der Waals surface area contributed by atoms with E-state index in [4.69, 9.17) is 4.98 Å². The number of ketones is 1.